The Morgan fingerprint density at radius 3 is 2.51 bits per heavy atom. The Hall–Kier alpha value is -3.19. The van der Waals surface area contributed by atoms with Gasteiger partial charge in [0.2, 0.25) is 10.0 Å². The maximum Gasteiger partial charge on any atom is 0.324 e. The number of carbonyl (C=O) groups excluding carboxylic acids is 1. The van der Waals surface area contributed by atoms with E-state index < -0.39 is 44.3 Å². The third kappa shape index (κ3) is 4.75. The molecule has 208 valence electrons. The maximum absolute atomic E-state index is 13.4. The predicted molar refractivity (Wildman–Crippen MR) is 144 cm³/mol. The quantitative estimate of drug-likeness (QED) is 0.287. The van der Waals surface area contributed by atoms with Crippen molar-refractivity contribution in [3.8, 4) is 0 Å². The van der Waals surface area contributed by atoms with Crippen LogP contribution in [0.3, 0.4) is 0 Å². The second kappa shape index (κ2) is 10.1. The van der Waals surface area contributed by atoms with Gasteiger partial charge in [0, 0.05) is 12.0 Å². The van der Waals surface area contributed by atoms with Crippen LogP contribution in [0.4, 0.5) is 17.1 Å². The zero-order valence-electron chi connectivity index (χ0n) is 21.6. The van der Waals surface area contributed by atoms with Gasteiger partial charge in [0.25, 0.3) is 10.9 Å². The number of sulfonamides is 1. The monoisotopic (exact) mass is 577 g/mol. The molecule has 1 aromatic heterocycles. The minimum Gasteiger partial charge on any atom is -0.468 e. The van der Waals surface area contributed by atoms with Crippen LogP contribution in [0.25, 0.3) is 0 Å². The molecule has 2 atom stereocenters. The highest BCUT2D eigenvalue weighted by molar-refractivity contribution is 7.89. The second-order valence-corrected chi connectivity index (χ2v) is 12.4. The van der Waals surface area contributed by atoms with E-state index in [1.165, 1.54) is 25.3 Å². The highest BCUT2D eigenvalue weighted by Gasteiger charge is 2.45. The summed E-state index contributed by atoms with van der Waals surface area (Å²) in [6, 6.07) is 6.21. The molecule has 2 aliphatic heterocycles. The summed E-state index contributed by atoms with van der Waals surface area (Å²) in [4.78, 5) is 37.3. The zero-order chi connectivity index (χ0) is 28.1. The smallest absolute Gasteiger partial charge is 0.324 e. The van der Waals surface area contributed by atoms with Gasteiger partial charge in [0.15, 0.2) is 0 Å². The summed E-state index contributed by atoms with van der Waals surface area (Å²) < 4.78 is 43.9. The number of ether oxygens (including phenoxy) is 2. The molecule has 0 radical (unpaired) electrons. The number of esters is 1. The summed E-state index contributed by atoms with van der Waals surface area (Å²) >= 11 is 6.36. The fraction of sp³-hybridized carbons (Fsp3) is 0.423. The molecule has 2 aromatic carbocycles. The van der Waals surface area contributed by atoms with Gasteiger partial charge in [-0.05, 0) is 50.1 Å². The molecule has 2 aliphatic rings. The molecular formula is C26H28ClN3O8S. The molecule has 13 heteroatoms. The van der Waals surface area contributed by atoms with Gasteiger partial charge in [-0.2, -0.15) is 4.31 Å². The van der Waals surface area contributed by atoms with E-state index in [1.54, 1.807) is 6.07 Å². The number of nitrogens with zero attached hydrogens (tertiary/aromatic N) is 1. The average molecular weight is 578 g/mol. The van der Waals surface area contributed by atoms with E-state index in [4.69, 9.17) is 25.5 Å². The topological polar surface area (TPSA) is 144 Å². The highest BCUT2D eigenvalue weighted by atomic mass is 35.5. The third-order valence-electron chi connectivity index (χ3n) is 7.29. The molecule has 2 fully saturated rings. The molecule has 11 nitrogen and oxygen atoms in total. The fourth-order valence-electron chi connectivity index (χ4n) is 5.01. The van der Waals surface area contributed by atoms with Crippen molar-refractivity contribution in [1.29, 1.82) is 0 Å². The van der Waals surface area contributed by atoms with Crippen LogP contribution in [-0.2, 0) is 24.3 Å². The molecular weight excluding hydrogens is 550 g/mol. The second-order valence-electron chi connectivity index (χ2n) is 10.1. The van der Waals surface area contributed by atoms with E-state index in [0.29, 0.717) is 37.6 Å². The van der Waals surface area contributed by atoms with Crippen LogP contribution in [0.15, 0.2) is 49.2 Å². The van der Waals surface area contributed by atoms with Crippen LogP contribution >= 0.6 is 11.6 Å². The van der Waals surface area contributed by atoms with Crippen molar-refractivity contribution in [2.75, 3.05) is 37.5 Å². The van der Waals surface area contributed by atoms with Crippen molar-refractivity contribution in [1.82, 2.24) is 4.31 Å². The number of anilines is 3. The molecule has 2 saturated heterocycles. The van der Waals surface area contributed by atoms with Crippen molar-refractivity contribution in [2.24, 2.45) is 5.41 Å². The largest absolute Gasteiger partial charge is 0.468 e. The molecule has 3 heterocycles. The number of hydrogen-bond acceptors (Lipinski definition) is 10. The standard InChI is InChI=1S/C26H28ClN3O8S/c1-14-6-9-19(38-14)24(26(2)12-37-13-26)29-21-20(22(31)23(21)32)28-17-11-15(7-8-16(17)27)39(34,35)30-10-4-5-18(30)25(33)36-3/h6-9,11,18,24,28-29H,4-5,10,12-13H2,1-3H3/t18-,24?/m0/s1. The lowest BCUT2D eigenvalue weighted by molar-refractivity contribution is -0.144. The fourth-order valence-corrected chi connectivity index (χ4v) is 6.85. The Morgan fingerprint density at radius 2 is 1.90 bits per heavy atom. The normalized spacial score (nSPS) is 19.9. The number of hydrogen-bond donors (Lipinski definition) is 2. The van der Waals surface area contributed by atoms with E-state index in [1.807, 2.05) is 19.9 Å². The number of aryl methyl sites for hydroxylation is 1. The van der Waals surface area contributed by atoms with Crippen molar-refractivity contribution >= 4 is 44.7 Å². The average Bonchev–Trinajstić information content (AvgIpc) is 3.57. The molecule has 1 unspecified atom stereocenters. The number of benzene rings is 1. The van der Waals surface area contributed by atoms with Gasteiger partial charge in [-0.25, -0.2) is 8.42 Å². The van der Waals surface area contributed by atoms with Crippen molar-refractivity contribution in [3.63, 3.8) is 0 Å². The molecule has 0 aliphatic carbocycles. The first kappa shape index (κ1) is 27.4. The first-order chi connectivity index (χ1) is 18.5. The summed E-state index contributed by atoms with van der Waals surface area (Å²) in [5.41, 5.74) is -1.75. The van der Waals surface area contributed by atoms with E-state index >= 15 is 0 Å². The van der Waals surface area contributed by atoms with Crippen LogP contribution in [0.5, 0.6) is 0 Å². The van der Waals surface area contributed by atoms with Crippen molar-refractivity contribution < 1.29 is 27.1 Å². The Morgan fingerprint density at radius 1 is 1.18 bits per heavy atom. The summed E-state index contributed by atoms with van der Waals surface area (Å²) in [7, 11) is -2.88. The molecule has 0 saturated carbocycles. The van der Waals surface area contributed by atoms with Crippen molar-refractivity contribution in [2.45, 2.75) is 43.7 Å². The van der Waals surface area contributed by atoms with Gasteiger partial charge >= 0.3 is 5.97 Å². The third-order valence-corrected chi connectivity index (χ3v) is 9.52. The van der Waals surface area contributed by atoms with Crippen molar-refractivity contribution in [3.05, 3.63) is 67.3 Å². The van der Waals surface area contributed by atoms with Gasteiger partial charge in [0.1, 0.15) is 28.9 Å². The lowest BCUT2D eigenvalue weighted by Crippen LogP contribution is -2.49. The summed E-state index contributed by atoms with van der Waals surface area (Å²) in [5, 5.41) is 6.15. The van der Waals surface area contributed by atoms with E-state index in [-0.39, 0.29) is 33.5 Å². The number of halogens is 1. The summed E-state index contributed by atoms with van der Waals surface area (Å²) in [5.74, 6) is 0.658. The molecule has 0 bridgehead atoms. The van der Waals surface area contributed by atoms with Crippen LogP contribution < -0.4 is 21.5 Å². The highest BCUT2D eigenvalue weighted by Crippen LogP contribution is 2.43. The molecule has 5 rings (SSSR count). The van der Waals surface area contributed by atoms with Crippen LogP contribution in [0.1, 0.15) is 37.3 Å². The minimum atomic E-state index is -4.09. The lowest BCUT2D eigenvalue weighted by Gasteiger charge is -2.44. The molecule has 0 spiro atoms. The molecule has 39 heavy (non-hydrogen) atoms. The zero-order valence-corrected chi connectivity index (χ0v) is 23.1. The first-order valence-corrected chi connectivity index (χ1v) is 14.2. The number of carbonyl (C=O) groups is 1. The van der Waals surface area contributed by atoms with E-state index in [0.717, 1.165) is 4.31 Å². The lowest BCUT2D eigenvalue weighted by atomic mass is 9.79. The van der Waals surface area contributed by atoms with Gasteiger partial charge < -0.3 is 24.5 Å². The number of nitrogens with one attached hydrogen (secondary N) is 2. The van der Waals surface area contributed by atoms with Gasteiger partial charge in [-0.3, -0.25) is 14.4 Å². The van der Waals surface area contributed by atoms with Crippen LogP contribution in [0, 0.1) is 12.3 Å². The summed E-state index contributed by atoms with van der Waals surface area (Å²) in [6.45, 7) is 4.81. The molecule has 0 amide bonds. The number of methoxy groups -OCH3 is 1. The Kier molecular flexibility index (Phi) is 7.08. The van der Waals surface area contributed by atoms with Crippen LogP contribution in [0.2, 0.25) is 5.02 Å². The maximum atomic E-state index is 13.4. The van der Waals surface area contributed by atoms with Crippen LogP contribution in [-0.4, -0.2) is 51.6 Å². The van der Waals surface area contributed by atoms with E-state index in [2.05, 4.69) is 10.6 Å². The Bertz CT molecular complexity index is 1600. The first-order valence-electron chi connectivity index (χ1n) is 12.4. The van der Waals surface area contributed by atoms with Gasteiger partial charge in [-0.15, -0.1) is 0 Å². The number of rotatable bonds is 9. The number of furan rings is 1. The summed E-state index contributed by atoms with van der Waals surface area (Å²) in [6.07, 6.45) is 0.861. The molecule has 2 N–H and O–H groups in total. The van der Waals surface area contributed by atoms with Gasteiger partial charge in [0.05, 0.1) is 42.0 Å². The Balaban J connectivity index is 1.45. The Labute approximate surface area is 229 Å². The van der Waals surface area contributed by atoms with E-state index in [9.17, 15) is 22.8 Å². The minimum absolute atomic E-state index is 0.0397. The SMILES string of the molecule is COC(=O)[C@@H]1CCCN1S(=O)(=O)c1ccc(Cl)c(Nc2c(NC(c3ccc(C)o3)C3(C)COC3)c(=O)c2=O)c1. The molecule has 3 aromatic rings. The predicted octanol–water partition coefficient (Wildman–Crippen LogP) is 3.10. The van der Waals surface area contributed by atoms with Gasteiger partial charge in [-0.1, -0.05) is 18.5 Å².